The SMILES string of the molecule is CCN(CC)S(=O)(=O)c1ccc(C(=O)NC(C)(CN)C2CC2)cc1.Cl. The van der Waals surface area contributed by atoms with Gasteiger partial charge in [-0.3, -0.25) is 4.79 Å². The van der Waals surface area contributed by atoms with E-state index in [1.807, 2.05) is 6.92 Å². The Morgan fingerprint density at radius 3 is 2.16 bits per heavy atom. The number of benzene rings is 1. The van der Waals surface area contributed by atoms with E-state index in [0.29, 0.717) is 31.1 Å². The summed E-state index contributed by atoms with van der Waals surface area (Å²) >= 11 is 0. The van der Waals surface area contributed by atoms with Gasteiger partial charge in [-0.15, -0.1) is 12.4 Å². The Balaban J connectivity index is 0.00000312. The van der Waals surface area contributed by atoms with Crippen LogP contribution < -0.4 is 11.1 Å². The van der Waals surface area contributed by atoms with E-state index in [2.05, 4.69) is 5.32 Å². The number of rotatable bonds is 8. The summed E-state index contributed by atoms with van der Waals surface area (Å²) in [6.07, 6.45) is 2.16. The predicted octanol–water partition coefficient (Wildman–Crippen LogP) is 2.00. The van der Waals surface area contributed by atoms with Crippen LogP contribution in [0.5, 0.6) is 0 Å². The minimum Gasteiger partial charge on any atom is -0.345 e. The Hall–Kier alpha value is -1.15. The first-order valence-corrected chi connectivity index (χ1v) is 9.85. The van der Waals surface area contributed by atoms with Gasteiger partial charge in [-0.25, -0.2) is 8.42 Å². The molecule has 3 N–H and O–H groups in total. The van der Waals surface area contributed by atoms with E-state index in [9.17, 15) is 13.2 Å². The van der Waals surface area contributed by atoms with Crippen LogP contribution in [-0.4, -0.2) is 43.8 Å². The number of sulfonamides is 1. The zero-order valence-corrected chi connectivity index (χ0v) is 16.6. The molecule has 1 aliphatic carbocycles. The normalized spacial score (nSPS) is 16.8. The lowest BCUT2D eigenvalue weighted by Crippen LogP contribution is -2.53. The lowest BCUT2D eigenvalue weighted by molar-refractivity contribution is 0.0897. The summed E-state index contributed by atoms with van der Waals surface area (Å²) in [6.45, 7) is 6.77. The zero-order chi connectivity index (χ0) is 18.0. The van der Waals surface area contributed by atoms with Crippen molar-refractivity contribution in [2.45, 2.75) is 44.0 Å². The average molecular weight is 390 g/mol. The second kappa shape index (κ2) is 8.49. The van der Waals surface area contributed by atoms with Crippen molar-refractivity contribution in [3.63, 3.8) is 0 Å². The van der Waals surface area contributed by atoms with Gasteiger partial charge >= 0.3 is 0 Å². The molecule has 0 spiro atoms. The summed E-state index contributed by atoms with van der Waals surface area (Å²) in [5, 5.41) is 3.00. The molecule has 0 saturated heterocycles. The van der Waals surface area contributed by atoms with Crippen LogP contribution >= 0.6 is 12.4 Å². The molecule has 25 heavy (non-hydrogen) atoms. The van der Waals surface area contributed by atoms with Crippen LogP contribution in [0.1, 0.15) is 44.0 Å². The summed E-state index contributed by atoms with van der Waals surface area (Å²) in [5.74, 6) is 0.204. The molecule has 2 rings (SSSR count). The van der Waals surface area contributed by atoms with Crippen molar-refractivity contribution in [2.24, 2.45) is 11.7 Å². The van der Waals surface area contributed by atoms with Crippen LogP contribution in [0.2, 0.25) is 0 Å². The van der Waals surface area contributed by atoms with E-state index >= 15 is 0 Å². The zero-order valence-electron chi connectivity index (χ0n) is 15.0. The minimum absolute atomic E-state index is 0. The molecule has 1 saturated carbocycles. The number of hydrogen-bond acceptors (Lipinski definition) is 4. The molecule has 1 aromatic rings. The van der Waals surface area contributed by atoms with Gasteiger partial charge in [0.15, 0.2) is 0 Å². The molecule has 0 aliphatic heterocycles. The third kappa shape index (κ3) is 4.73. The third-order valence-corrected chi connectivity index (χ3v) is 6.83. The quantitative estimate of drug-likeness (QED) is 0.711. The van der Waals surface area contributed by atoms with Crippen molar-refractivity contribution in [3.05, 3.63) is 29.8 Å². The molecule has 1 aromatic carbocycles. The molecule has 0 heterocycles. The predicted molar refractivity (Wildman–Crippen MR) is 101 cm³/mol. The summed E-state index contributed by atoms with van der Waals surface area (Å²) in [7, 11) is -3.51. The molecule has 1 unspecified atom stereocenters. The Bertz CT molecular complexity index is 686. The summed E-state index contributed by atoms with van der Waals surface area (Å²) < 4.78 is 26.3. The fourth-order valence-electron chi connectivity index (χ4n) is 2.86. The number of halogens is 1. The van der Waals surface area contributed by atoms with Gasteiger partial charge in [-0.1, -0.05) is 13.8 Å². The van der Waals surface area contributed by atoms with Gasteiger partial charge in [0.05, 0.1) is 10.4 Å². The first kappa shape index (κ1) is 21.9. The van der Waals surface area contributed by atoms with E-state index in [-0.39, 0.29) is 23.2 Å². The molecule has 1 fully saturated rings. The van der Waals surface area contributed by atoms with Gasteiger partial charge in [0.2, 0.25) is 10.0 Å². The fourth-order valence-corrected chi connectivity index (χ4v) is 4.32. The van der Waals surface area contributed by atoms with Gasteiger partial charge in [0.25, 0.3) is 5.91 Å². The van der Waals surface area contributed by atoms with Gasteiger partial charge in [-0.2, -0.15) is 4.31 Å². The molecule has 1 amide bonds. The lowest BCUT2D eigenvalue weighted by atomic mass is 9.95. The van der Waals surface area contributed by atoms with Gasteiger partial charge in [0, 0.05) is 25.2 Å². The maximum Gasteiger partial charge on any atom is 0.251 e. The standard InChI is InChI=1S/C17H27N3O3S.ClH/c1-4-20(5-2)24(22,23)15-10-6-13(7-11-15)16(21)19-17(3,12-18)14-8-9-14;/h6-7,10-11,14H,4-5,8-9,12,18H2,1-3H3,(H,19,21);1H. The van der Waals surface area contributed by atoms with E-state index in [1.54, 1.807) is 26.0 Å². The Morgan fingerprint density at radius 2 is 1.76 bits per heavy atom. The number of carbonyl (C=O) groups excluding carboxylic acids is 1. The van der Waals surface area contributed by atoms with Crippen LogP contribution in [0.15, 0.2) is 29.2 Å². The highest BCUT2D eigenvalue weighted by atomic mass is 35.5. The van der Waals surface area contributed by atoms with Crippen LogP contribution in [0.4, 0.5) is 0 Å². The first-order chi connectivity index (χ1) is 11.3. The molecular weight excluding hydrogens is 362 g/mol. The maximum atomic E-state index is 12.5. The average Bonchev–Trinajstić information content (AvgIpc) is 3.41. The highest BCUT2D eigenvalue weighted by Gasteiger charge is 2.41. The van der Waals surface area contributed by atoms with Crippen LogP contribution in [-0.2, 0) is 10.0 Å². The van der Waals surface area contributed by atoms with E-state index in [0.717, 1.165) is 12.8 Å². The summed E-state index contributed by atoms with van der Waals surface area (Å²) in [6, 6.07) is 6.07. The molecule has 6 nitrogen and oxygen atoms in total. The third-order valence-electron chi connectivity index (χ3n) is 4.76. The topological polar surface area (TPSA) is 92.5 Å². The summed E-state index contributed by atoms with van der Waals surface area (Å²) in [4.78, 5) is 12.6. The molecular formula is C17H28ClN3O3S. The largest absolute Gasteiger partial charge is 0.345 e. The number of nitrogens with two attached hydrogens (primary N) is 1. The number of hydrogen-bond donors (Lipinski definition) is 2. The van der Waals surface area contributed by atoms with Crippen molar-refractivity contribution in [2.75, 3.05) is 19.6 Å². The van der Waals surface area contributed by atoms with Crippen LogP contribution in [0.25, 0.3) is 0 Å². The minimum atomic E-state index is -3.51. The second-order valence-corrected chi connectivity index (χ2v) is 8.40. The smallest absolute Gasteiger partial charge is 0.251 e. The monoisotopic (exact) mass is 389 g/mol. The van der Waals surface area contributed by atoms with Crippen LogP contribution in [0, 0.1) is 5.92 Å². The first-order valence-electron chi connectivity index (χ1n) is 8.41. The van der Waals surface area contributed by atoms with Crippen molar-refractivity contribution in [3.8, 4) is 0 Å². The fraction of sp³-hybridized carbons (Fsp3) is 0.588. The second-order valence-electron chi connectivity index (χ2n) is 6.46. The maximum absolute atomic E-state index is 12.5. The van der Waals surface area contributed by atoms with Gasteiger partial charge in [-0.05, 0) is 49.9 Å². The Labute approximate surface area is 156 Å². The number of nitrogens with one attached hydrogen (secondary N) is 1. The number of amides is 1. The Kier molecular flexibility index (Phi) is 7.43. The van der Waals surface area contributed by atoms with Crippen molar-refractivity contribution < 1.29 is 13.2 Å². The van der Waals surface area contributed by atoms with Gasteiger partial charge in [0.1, 0.15) is 0 Å². The molecule has 0 bridgehead atoms. The molecule has 0 aromatic heterocycles. The molecule has 142 valence electrons. The van der Waals surface area contributed by atoms with Crippen LogP contribution in [0.3, 0.4) is 0 Å². The number of carbonyl (C=O) groups is 1. The van der Waals surface area contributed by atoms with E-state index in [4.69, 9.17) is 5.73 Å². The molecule has 1 atom stereocenters. The Morgan fingerprint density at radius 1 is 1.24 bits per heavy atom. The molecule has 0 radical (unpaired) electrons. The molecule has 1 aliphatic rings. The van der Waals surface area contributed by atoms with Crippen molar-refractivity contribution in [1.82, 2.24) is 9.62 Å². The van der Waals surface area contributed by atoms with E-state index < -0.39 is 15.6 Å². The highest BCUT2D eigenvalue weighted by molar-refractivity contribution is 7.89. The molecule has 8 heteroatoms. The van der Waals surface area contributed by atoms with Crippen molar-refractivity contribution in [1.29, 1.82) is 0 Å². The van der Waals surface area contributed by atoms with Crippen molar-refractivity contribution >= 4 is 28.3 Å². The summed E-state index contributed by atoms with van der Waals surface area (Å²) in [5.41, 5.74) is 5.86. The van der Waals surface area contributed by atoms with E-state index in [1.165, 1.54) is 16.4 Å². The highest BCUT2D eigenvalue weighted by Crippen LogP contribution is 2.39. The number of nitrogens with zero attached hydrogens (tertiary/aromatic N) is 1. The van der Waals surface area contributed by atoms with Gasteiger partial charge < -0.3 is 11.1 Å². The lowest BCUT2D eigenvalue weighted by Gasteiger charge is -2.29.